The number of hydrogen-bond donors (Lipinski definition) is 3. The number of anilines is 2. The summed E-state index contributed by atoms with van der Waals surface area (Å²) >= 11 is 1.33. The first-order valence-corrected chi connectivity index (χ1v) is 8.41. The van der Waals surface area contributed by atoms with E-state index in [-0.39, 0.29) is 12.0 Å². The van der Waals surface area contributed by atoms with E-state index in [0.717, 1.165) is 24.6 Å². The molecule has 3 rings (SSSR count). The fourth-order valence-electron chi connectivity index (χ4n) is 2.64. The average Bonchev–Trinajstić information content (AvgIpc) is 3.03. The first-order valence-electron chi connectivity index (χ1n) is 7.60. The van der Waals surface area contributed by atoms with Crippen LogP contribution >= 0.6 is 11.3 Å². The van der Waals surface area contributed by atoms with Crippen LogP contribution in [0.5, 0.6) is 0 Å². The number of nitrogens with zero attached hydrogens (tertiary/aromatic N) is 1. The number of nitrogens with two attached hydrogens (primary N) is 1. The van der Waals surface area contributed by atoms with Crippen molar-refractivity contribution in [2.45, 2.75) is 44.8 Å². The summed E-state index contributed by atoms with van der Waals surface area (Å²) < 4.78 is 5.64. The molecule has 1 aliphatic heterocycles. The third-order valence-corrected chi connectivity index (χ3v) is 5.04. The van der Waals surface area contributed by atoms with Crippen molar-refractivity contribution >= 4 is 28.2 Å². The lowest BCUT2D eigenvalue weighted by Crippen LogP contribution is -2.32. The van der Waals surface area contributed by atoms with Crippen LogP contribution in [0.25, 0.3) is 0 Å². The summed E-state index contributed by atoms with van der Waals surface area (Å²) in [6, 6.07) is 0.507. The monoisotopic (exact) mass is 310 g/mol. The van der Waals surface area contributed by atoms with E-state index >= 15 is 0 Å². The van der Waals surface area contributed by atoms with Gasteiger partial charge < -0.3 is 21.1 Å². The molecule has 1 saturated carbocycles. The van der Waals surface area contributed by atoms with Gasteiger partial charge in [-0.05, 0) is 25.7 Å². The molecule has 2 fully saturated rings. The van der Waals surface area contributed by atoms with Crippen LogP contribution < -0.4 is 16.4 Å². The van der Waals surface area contributed by atoms with Crippen molar-refractivity contribution in [1.82, 2.24) is 10.3 Å². The molecular weight excluding hydrogens is 288 g/mol. The van der Waals surface area contributed by atoms with Crippen LogP contribution in [0.2, 0.25) is 0 Å². The van der Waals surface area contributed by atoms with Crippen LogP contribution in [0.15, 0.2) is 0 Å². The molecule has 0 spiro atoms. The minimum atomic E-state index is -0.129. The molecule has 21 heavy (non-hydrogen) atoms. The van der Waals surface area contributed by atoms with E-state index < -0.39 is 0 Å². The molecule has 2 heterocycles. The molecule has 4 N–H and O–H groups in total. The molecule has 7 heteroatoms. The molecule has 2 aliphatic rings. The second kappa shape index (κ2) is 6.19. The molecule has 6 nitrogen and oxygen atoms in total. The number of nitrogen functional groups attached to an aromatic ring is 1. The van der Waals surface area contributed by atoms with Gasteiger partial charge in [0.15, 0.2) is 5.13 Å². The Morgan fingerprint density at radius 2 is 2.29 bits per heavy atom. The van der Waals surface area contributed by atoms with Gasteiger partial charge in [-0.3, -0.25) is 4.79 Å². The number of nitrogens with one attached hydrogen (secondary N) is 2. The van der Waals surface area contributed by atoms with Crippen molar-refractivity contribution < 1.29 is 9.53 Å². The Morgan fingerprint density at radius 3 is 3.00 bits per heavy atom. The van der Waals surface area contributed by atoms with Crippen LogP contribution in [0.1, 0.15) is 42.3 Å². The number of aromatic nitrogens is 1. The normalized spacial score (nSPS) is 25.0. The minimum Gasteiger partial charge on any atom is -0.382 e. The molecule has 1 aliphatic carbocycles. The van der Waals surface area contributed by atoms with Crippen LogP contribution in [-0.4, -0.2) is 36.2 Å². The van der Waals surface area contributed by atoms with Crippen molar-refractivity contribution in [2.75, 3.05) is 24.2 Å². The van der Waals surface area contributed by atoms with E-state index in [1.165, 1.54) is 24.2 Å². The molecule has 0 radical (unpaired) electrons. The lowest BCUT2D eigenvalue weighted by atomic mass is 10.00. The SMILES string of the molecule is CCC1OCCC1CNC(=O)c1sc(NC2CC2)nc1N. The highest BCUT2D eigenvalue weighted by Crippen LogP contribution is 2.30. The van der Waals surface area contributed by atoms with Crippen LogP contribution in [0, 0.1) is 5.92 Å². The summed E-state index contributed by atoms with van der Waals surface area (Å²) in [5.41, 5.74) is 5.85. The zero-order valence-electron chi connectivity index (χ0n) is 12.2. The van der Waals surface area contributed by atoms with Gasteiger partial charge in [0.25, 0.3) is 5.91 Å². The van der Waals surface area contributed by atoms with Gasteiger partial charge in [-0.15, -0.1) is 0 Å². The Bertz CT molecular complexity index is 515. The highest BCUT2D eigenvalue weighted by molar-refractivity contribution is 7.18. The van der Waals surface area contributed by atoms with Gasteiger partial charge in [0.05, 0.1) is 6.10 Å². The van der Waals surface area contributed by atoms with E-state index in [1.807, 2.05) is 0 Å². The van der Waals surface area contributed by atoms with E-state index in [9.17, 15) is 4.79 Å². The lowest BCUT2D eigenvalue weighted by Gasteiger charge is -2.16. The Kier molecular flexibility index (Phi) is 4.30. The van der Waals surface area contributed by atoms with Crippen molar-refractivity contribution in [3.63, 3.8) is 0 Å². The molecule has 116 valence electrons. The van der Waals surface area contributed by atoms with Crippen molar-refractivity contribution in [3.8, 4) is 0 Å². The van der Waals surface area contributed by atoms with Crippen molar-refractivity contribution in [2.24, 2.45) is 5.92 Å². The lowest BCUT2D eigenvalue weighted by molar-refractivity contribution is 0.0828. The number of thiazole rings is 1. The Morgan fingerprint density at radius 1 is 1.48 bits per heavy atom. The van der Waals surface area contributed by atoms with Crippen LogP contribution in [-0.2, 0) is 4.74 Å². The standard InChI is InChI=1S/C14H22N4O2S/c1-2-10-8(5-6-20-10)7-16-13(19)11-12(15)18-14(21-11)17-9-3-4-9/h8-10H,2-7,15H2,1H3,(H,16,19)(H,17,18). The number of amides is 1. The van der Waals surface area contributed by atoms with E-state index in [1.54, 1.807) is 0 Å². The molecule has 2 atom stereocenters. The second-order valence-electron chi connectivity index (χ2n) is 5.73. The number of carbonyl (C=O) groups is 1. The fraction of sp³-hybridized carbons (Fsp3) is 0.714. The maximum absolute atomic E-state index is 12.2. The molecule has 0 aromatic carbocycles. The van der Waals surface area contributed by atoms with Gasteiger partial charge in [0.1, 0.15) is 10.7 Å². The van der Waals surface area contributed by atoms with Crippen LogP contribution in [0.4, 0.5) is 10.9 Å². The van der Waals surface area contributed by atoms with Gasteiger partial charge in [-0.25, -0.2) is 4.98 Å². The molecule has 1 saturated heterocycles. The third kappa shape index (κ3) is 3.47. The van der Waals surface area contributed by atoms with Crippen LogP contribution in [0.3, 0.4) is 0 Å². The predicted molar refractivity (Wildman–Crippen MR) is 83.6 cm³/mol. The summed E-state index contributed by atoms with van der Waals surface area (Å²) in [7, 11) is 0. The second-order valence-corrected chi connectivity index (χ2v) is 6.73. The maximum atomic E-state index is 12.2. The third-order valence-electron chi connectivity index (χ3n) is 4.04. The smallest absolute Gasteiger partial charge is 0.265 e. The Hall–Kier alpha value is -1.34. The highest BCUT2D eigenvalue weighted by atomic mass is 32.1. The fourth-order valence-corrected chi connectivity index (χ4v) is 3.52. The Balaban J connectivity index is 1.55. The number of hydrogen-bond acceptors (Lipinski definition) is 6. The first kappa shape index (κ1) is 14.6. The molecular formula is C14H22N4O2S. The topological polar surface area (TPSA) is 89.3 Å². The number of rotatable bonds is 6. The number of ether oxygens (including phenoxy) is 1. The highest BCUT2D eigenvalue weighted by Gasteiger charge is 2.28. The predicted octanol–water partition coefficient (Wildman–Crippen LogP) is 1.84. The van der Waals surface area contributed by atoms with Crippen molar-refractivity contribution in [1.29, 1.82) is 0 Å². The van der Waals surface area contributed by atoms with Gasteiger partial charge >= 0.3 is 0 Å². The quantitative estimate of drug-likeness (QED) is 0.746. The molecule has 1 amide bonds. The summed E-state index contributed by atoms with van der Waals surface area (Å²) in [6.45, 7) is 3.54. The van der Waals surface area contributed by atoms with Crippen molar-refractivity contribution in [3.05, 3.63) is 4.88 Å². The van der Waals surface area contributed by atoms with Gasteiger partial charge in [-0.1, -0.05) is 18.3 Å². The zero-order chi connectivity index (χ0) is 14.8. The molecule has 0 bridgehead atoms. The van der Waals surface area contributed by atoms with E-state index in [0.29, 0.717) is 29.2 Å². The van der Waals surface area contributed by atoms with Gasteiger partial charge in [0.2, 0.25) is 0 Å². The zero-order valence-corrected chi connectivity index (χ0v) is 13.0. The summed E-state index contributed by atoms with van der Waals surface area (Å²) in [5, 5.41) is 6.99. The van der Waals surface area contributed by atoms with E-state index in [4.69, 9.17) is 10.5 Å². The van der Waals surface area contributed by atoms with Gasteiger partial charge in [0, 0.05) is 25.1 Å². The average molecular weight is 310 g/mol. The maximum Gasteiger partial charge on any atom is 0.265 e. The summed E-state index contributed by atoms with van der Waals surface area (Å²) in [4.78, 5) is 17.0. The molecule has 1 aromatic heterocycles. The first-order chi connectivity index (χ1) is 10.2. The minimum absolute atomic E-state index is 0.129. The van der Waals surface area contributed by atoms with E-state index in [2.05, 4.69) is 22.5 Å². The molecule has 1 aromatic rings. The molecule has 2 unspecified atom stereocenters. The Labute approximate surface area is 128 Å². The largest absolute Gasteiger partial charge is 0.382 e. The van der Waals surface area contributed by atoms with Gasteiger partial charge in [-0.2, -0.15) is 0 Å². The number of carbonyl (C=O) groups excluding carboxylic acids is 1. The summed E-state index contributed by atoms with van der Waals surface area (Å²) in [6.07, 6.45) is 4.59. The summed E-state index contributed by atoms with van der Waals surface area (Å²) in [5.74, 6) is 0.586.